The van der Waals surface area contributed by atoms with Crippen molar-refractivity contribution >= 4 is 5.78 Å². The summed E-state index contributed by atoms with van der Waals surface area (Å²) in [7, 11) is 0. The number of hydrogen-bond donors (Lipinski definition) is 1. The molecule has 0 saturated heterocycles. The zero-order valence-electron chi connectivity index (χ0n) is 18.6. The molecular formula is C28H29N3O. The molecule has 32 heavy (non-hydrogen) atoms. The van der Waals surface area contributed by atoms with Crippen LogP contribution in [0.25, 0.3) is 11.1 Å². The van der Waals surface area contributed by atoms with E-state index >= 15 is 0 Å². The molecule has 3 aromatic rings. The largest absolute Gasteiger partial charge is 0.328 e. The summed E-state index contributed by atoms with van der Waals surface area (Å²) in [4.78, 5) is 22.8. The molecule has 3 atom stereocenters. The molecule has 0 aliphatic heterocycles. The SMILES string of the molecule is Cc1cccc(-c2cnc(C3CC4(CC4)c4ccc(C(=O)C5CC[C@@H](N)C5)cc43)nc2)c1. The number of benzene rings is 2. The maximum atomic E-state index is 13.2. The topological polar surface area (TPSA) is 68.9 Å². The first-order chi connectivity index (χ1) is 15.5. The normalized spacial score (nSPS) is 25.1. The van der Waals surface area contributed by atoms with Crippen LogP contribution in [0, 0.1) is 12.8 Å². The van der Waals surface area contributed by atoms with Gasteiger partial charge >= 0.3 is 0 Å². The standard InChI is InChI=1S/C28H29N3O/c1-17-3-2-4-18(11-17)21-15-30-27(31-16-21)24-14-28(9-10-28)25-8-6-20(13-23(24)25)26(32)19-5-7-22(29)12-19/h2-4,6,8,11,13,15-16,19,22,24H,5,7,9-10,12,14,29H2,1H3/t19?,22-,24?/m1/s1. The van der Waals surface area contributed by atoms with Crippen LogP contribution in [0.1, 0.15) is 77.3 Å². The van der Waals surface area contributed by atoms with Gasteiger partial charge in [0.25, 0.3) is 0 Å². The van der Waals surface area contributed by atoms with Gasteiger partial charge in [-0.2, -0.15) is 0 Å². The average Bonchev–Trinajstić information content (AvgIpc) is 3.35. The third-order valence-corrected chi connectivity index (χ3v) is 7.91. The lowest BCUT2D eigenvalue weighted by atomic mass is 9.91. The van der Waals surface area contributed by atoms with E-state index in [4.69, 9.17) is 15.7 Å². The van der Waals surface area contributed by atoms with Crippen molar-refractivity contribution in [2.75, 3.05) is 0 Å². The number of aromatic nitrogens is 2. The number of nitrogens with two attached hydrogens (primary N) is 1. The van der Waals surface area contributed by atoms with E-state index in [1.54, 1.807) is 0 Å². The van der Waals surface area contributed by atoms with Crippen LogP contribution in [0.3, 0.4) is 0 Å². The highest BCUT2D eigenvalue weighted by Gasteiger charge is 2.53. The number of fused-ring (bicyclic) bond motifs is 2. The highest BCUT2D eigenvalue weighted by molar-refractivity contribution is 5.98. The molecule has 6 rings (SSSR count). The van der Waals surface area contributed by atoms with Gasteiger partial charge in [0.05, 0.1) is 0 Å². The Morgan fingerprint density at radius 3 is 2.53 bits per heavy atom. The van der Waals surface area contributed by atoms with Crippen molar-refractivity contribution < 1.29 is 4.79 Å². The Kier molecular flexibility index (Phi) is 4.55. The number of aryl methyl sites for hydroxylation is 1. The van der Waals surface area contributed by atoms with Gasteiger partial charge in [0, 0.05) is 41.4 Å². The molecular weight excluding hydrogens is 394 g/mol. The number of carbonyl (C=O) groups excluding carboxylic acids is 1. The number of carbonyl (C=O) groups is 1. The summed E-state index contributed by atoms with van der Waals surface area (Å²) in [5.74, 6) is 1.37. The molecule has 2 N–H and O–H groups in total. The highest BCUT2D eigenvalue weighted by atomic mass is 16.1. The first-order valence-electron chi connectivity index (χ1n) is 11.9. The van der Waals surface area contributed by atoms with E-state index < -0.39 is 0 Å². The number of ketones is 1. The van der Waals surface area contributed by atoms with Crippen molar-refractivity contribution in [3.8, 4) is 11.1 Å². The average molecular weight is 424 g/mol. The van der Waals surface area contributed by atoms with E-state index in [1.807, 2.05) is 12.4 Å². The Bertz CT molecular complexity index is 1200. The zero-order chi connectivity index (χ0) is 21.9. The minimum absolute atomic E-state index is 0.0719. The second-order valence-electron chi connectivity index (χ2n) is 10.2. The number of Topliss-reactive ketones (excluding diaryl/α,β-unsaturated/α-hetero) is 1. The van der Waals surface area contributed by atoms with Gasteiger partial charge in [-0.1, -0.05) is 42.0 Å². The summed E-state index contributed by atoms with van der Waals surface area (Å²) >= 11 is 0. The molecule has 3 aliphatic carbocycles. The minimum atomic E-state index is 0.0719. The summed E-state index contributed by atoms with van der Waals surface area (Å²) in [6, 6.07) is 15.0. The molecule has 2 aromatic carbocycles. The molecule has 2 saturated carbocycles. The van der Waals surface area contributed by atoms with Crippen LogP contribution in [0.5, 0.6) is 0 Å². The van der Waals surface area contributed by atoms with Gasteiger partial charge < -0.3 is 5.73 Å². The molecule has 3 aliphatic rings. The summed E-state index contributed by atoms with van der Waals surface area (Å²) in [6.45, 7) is 2.10. The van der Waals surface area contributed by atoms with Gasteiger partial charge in [-0.3, -0.25) is 4.79 Å². The van der Waals surface area contributed by atoms with Crippen LogP contribution in [-0.4, -0.2) is 21.8 Å². The van der Waals surface area contributed by atoms with Crippen LogP contribution < -0.4 is 5.73 Å². The molecule has 0 bridgehead atoms. The third-order valence-electron chi connectivity index (χ3n) is 7.91. The Morgan fingerprint density at radius 2 is 1.84 bits per heavy atom. The number of nitrogens with zero attached hydrogens (tertiary/aromatic N) is 2. The third kappa shape index (κ3) is 3.29. The lowest BCUT2D eigenvalue weighted by Gasteiger charge is -2.14. The van der Waals surface area contributed by atoms with Crippen molar-refractivity contribution in [2.45, 2.75) is 62.8 Å². The van der Waals surface area contributed by atoms with Gasteiger partial charge in [-0.05, 0) is 73.6 Å². The van der Waals surface area contributed by atoms with E-state index in [0.29, 0.717) is 0 Å². The van der Waals surface area contributed by atoms with E-state index in [-0.39, 0.29) is 29.1 Å². The van der Waals surface area contributed by atoms with Crippen molar-refractivity contribution in [1.29, 1.82) is 0 Å². The Labute approximate surface area is 189 Å². The second-order valence-corrected chi connectivity index (χ2v) is 10.2. The fourth-order valence-corrected chi connectivity index (χ4v) is 5.93. The van der Waals surface area contributed by atoms with Crippen molar-refractivity contribution in [3.63, 3.8) is 0 Å². The first-order valence-corrected chi connectivity index (χ1v) is 11.9. The van der Waals surface area contributed by atoms with E-state index in [2.05, 4.69) is 49.4 Å². The van der Waals surface area contributed by atoms with E-state index in [0.717, 1.165) is 48.2 Å². The molecule has 1 spiro atoms. The van der Waals surface area contributed by atoms with Crippen molar-refractivity contribution in [2.24, 2.45) is 11.7 Å². The van der Waals surface area contributed by atoms with Gasteiger partial charge in [0.1, 0.15) is 5.82 Å². The predicted molar refractivity (Wildman–Crippen MR) is 126 cm³/mol. The molecule has 4 nitrogen and oxygen atoms in total. The smallest absolute Gasteiger partial charge is 0.166 e. The fraction of sp³-hybridized carbons (Fsp3) is 0.393. The Hall–Kier alpha value is -2.85. The van der Waals surface area contributed by atoms with Crippen LogP contribution >= 0.6 is 0 Å². The highest BCUT2D eigenvalue weighted by Crippen LogP contribution is 2.61. The van der Waals surface area contributed by atoms with Crippen LogP contribution in [0.15, 0.2) is 54.9 Å². The van der Waals surface area contributed by atoms with Crippen LogP contribution in [-0.2, 0) is 5.41 Å². The quantitative estimate of drug-likeness (QED) is 0.576. The molecule has 162 valence electrons. The van der Waals surface area contributed by atoms with E-state index in [9.17, 15) is 4.79 Å². The van der Waals surface area contributed by atoms with Crippen LogP contribution in [0.2, 0.25) is 0 Å². The zero-order valence-corrected chi connectivity index (χ0v) is 18.6. The summed E-state index contributed by atoms with van der Waals surface area (Å²) < 4.78 is 0. The van der Waals surface area contributed by atoms with Gasteiger partial charge in [0.2, 0.25) is 0 Å². The molecule has 2 unspecified atom stereocenters. The minimum Gasteiger partial charge on any atom is -0.328 e. The fourth-order valence-electron chi connectivity index (χ4n) is 5.93. The Balaban J connectivity index is 1.33. The molecule has 0 radical (unpaired) electrons. The maximum absolute atomic E-state index is 13.2. The lowest BCUT2D eigenvalue weighted by Crippen LogP contribution is -2.18. The first kappa shape index (κ1) is 19.8. The summed E-state index contributed by atoms with van der Waals surface area (Å²) in [6.07, 6.45) is 10.1. The maximum Gasteiger partial charge on any atom is 0.166 e. The van der Waals surface area contributed by atoms with E-state index in [1.165, 1.54) is 29.5 Å². The van der Waals surface area contributed by atoms with Gasteiger partial charge in [-0.25, -0.2) is 9.97 Å². The predicted octanol–water partition coefficient (Wildman–Crippen LogP) is 5.33. The number of rotatable bonds is 4. The Morgan fingerprint density at radius 1 is 1.03 bits per heavy atom. The summed E-state index contributed by atoms with van der Waals surface area (Å²) in [5, 5.41) is 0. The van der Waals surface area contributed by atoms with Crippen molar-refractivity contribution in [3.05, 3.63) is 82.9 Å². The second kappa shape index (κ2) is 7.35. The monoisotopic (exact) mass is 423 g/mol. The van der Waals surface area contributed by atoms with Crippen molar-refractivity contribution in [1.82, 2.24) is 9.97 Å². The lowest BCUT2D eigenvalue weighted by molar-refractivity contribution is 0.0921. The molecule has 0 amide bonds. The van der Waals surface area contributed by atoms with Crippen LogP contribution in [0.4, 0.5) is 0 Å². The molecule has 2 fully saturated rings. The summed E-state index contributed by atoms with van der Waals surface area (Å²) in [5.41, 5.74) is 13.3. The number of hydrogen-bond acceptors (Lipinski definition) is 4. The molecule has 1 heterocycles. The molecule has 4 heteroatoms. The molecule has 1 aromatic heterocycles. The van der Waals surface area contributed by atoms with Gasteiger partial charge in [-0.15, -0.1) is 0 Å². The van der Waals surface area contributed by atoms with Gasteiger partial charge in [0.15, 0.2) is 5.78 Å².